The van der Waals surface area contributed by atoms with E-state index < -0.39 is 0 Å². The van der Waals surface area contributed by atoms with Gasteiger partial charge in [0.25, 0.3) is 0 Å². The highest BCUT2D eigenvalue weighted by Gasteiger charge is 2.36. The van der Waals surface area contributed by atoms with Crippen molar-refractivity contribution in [2.45, 2.75) is 12.5 Å². The zero-order valence-corrected chi connectivity index (χ0v) is 10.6. The lowest BCUT2D eigenvalue weighted by Gasteiger charge is -2.26. The first-order valence-corrected chi connectivity index (χ1v) is 6.75. The highest BCUT2D eigenvalue weighted by Crippen LogP contribution is 2.43. The molecule has 2 aliphatic heterocycles. The summed E-state index contributed by atoms with van der Waals surface area (Å²) >= 11 is 0. The Bertz CT molecular complexity index is 633. The van der Waals surface area contributed by atoms with E-state index in [9.17, 15) is 0 Å². The molecule has 0 spiro atoms. The van der Waals surface area contributed by atoms with Crippen LogP contribution in [0.5, 0.6) is 5.75 Å². The molecule has 0 unspecified atom stereocenters. The first-order chi connectivity index (χ1) is 9.42. The van der Waals surface area contributed by atoms with Gasteiger partial charge in [-0.1, -0.05) is 48.5 Å². The van der Waals surface area contributed by atoms with Gasteiger partial charge in [0.15, 0.2) is 0 Å². The summed E-state index contributed by atoms with van der Waals surface area (Å²) in [5.74, 6) is 1.49. The molecule has 0 saturated carbocycles. The van der Waals surface area contributed by atoms with Crippen molar-refractivity contribution in [3.8, 4) is 5.75 Å². The Balaban J connectivity index is 1.74. The summed E-state index contributed by atoms with van der Waals surface area (Å²) in [4.78, 5) is 4.96. The molecule has 4 rings (SSSR count). The van der Waals surface area contributed by atoms with Crippen molar-refractivity contribution in [1.82, 2.24) is 0 Å². The quantitative estimate of drug-likeness (QED) is 0.756. The van der Waals surface area contributed by atoms with Gasteiger partial charge in [0.1, 0.15) is 5.75 Å². The van der Waals surface area contributed by atoms with Crippen LogP contribution in [0.1, 0.15) is 23.6 Å². The second-order valence-electron chi connectivity index (χ2n) is 5.20. The van der Waals surface area contributed by atoms with Crippen LogP contribution in [0.4, 0.5) is 0 Å². The van der Waals surface area contributed by atoms with E-state index in [0.717, 1.165) is 18.8 Å². The van der Waals surface area contributed by atoms with Crippen LogP contribution in [0.2, 0.25) is 0 Å². The molecule has 0 aromatic heterocycles. The second-order valence-corrected chi connectivity index (χ2v) is 5.20. The van der Waals surface area contributed by atoms with Crippen LogP contribution in [0.15, 0.2) is 59.6 Å². The number of hydrogen-bond acceptors (Lipinski definition) is 2. The molecule has 0 N–H and O–H groups in total. The molecule has 2 heterocycles. The van der Waals surface area contributed by atoms with Gasteiger partial charge in [-0.25, -0.2) is 0 Å². The summed E-state index contributed by atoms with van der Waals surface area (Å²) in [6, 6.07) is 19.0. The van der Waals surface area contributed by atoms with Crippen molar-refractivity contribution in [3.05, 3.63) is 65.7 Å². The van der Waals surface area contributed by atoms with Gasteiger partial charge >= 0.3 is 0 Å². The van der Waals surface area contributed by atoms with Gasteiger partial charge in [-0.15, -0.1) is 0 Å². The Morgan fingerprint density at radius 3 is 2.63 bits per heavy atom. The topological polar surface area (TPSA) is 21.6 Å². The van der Waals surface area contributed by atoms with Crippen molar-refractivity contribution < 1.29 is 4.74 Å². The molecule has 0 radical (unpaired) electrons. The maximum absolute atomic E-state index is 5.85. The molecule has 0 amide bonds. The van der Waals surface area contributed by atoms with Crippen molar-refractivity contribution in [2.75, 3.05) is 6.61 Å². The third-order valence-corrected chi connectivity index (χ3v) is 3.99. The van der Waals surface area contributed by atoms with E-state index in [1.807, 2.05) is 18.2 Å². The number of nitrogens with zero attached hydrogens (tertiary/aromatic N) is 1. The average molecular weight is 249 g/mol. The average Bonchev–Trinajstić information content (AvgIpc) is 2.93. The normalized spacial score (nSPS) is 24.1. The molecular formula is C17H15NO. The Kier molecular flexibility index (Phi) is 2.41. The van der Waals surface area contributed by atoms with Gasteiger partial charge in [-0.3, -0.25) is 4.99 Å². The van der Waals surface area contributed by atoms with Crippen LogP contribution in [0.25, 0.3) is 0 Å². The fourth-order valence-electron chi connectivity index (χ4n) is 3.04. The Morgan fingerprint density at radius 2 is 1.74 bits per heavy atom. The third kappa shape index (κ3) is 1.75. The highest BCUT2D eigenvalue weighted by atomic mass is 16.5. The van der Waals surface area contributed by atoms with Crippen LogP contribution >= 0.6 is 0 Å². The SMILES string of the molecule is c1ccc(C2=N[C@H]3c4ccccc4OC[C@H]3C2)cc1. The number of hydrogen-bond donors (Lipinski definition) is 0. The lowest BCUT2D eigenvalue weighted by atomic mass is 9.90. The lowest BCUT2D eigenvalue weighted by Crippen LogP contribution is -2.22. The predicted octanol–water partition coefficient (Wildman–Crippen LogP) is 3.63. The molecule has 2 heteroatoms. The van der Waals surface area contributed by atoms with Crippen molar-refractivity contribution in [2.24, 2.45) is 10.9 Å². The number of aliphatic imine (C=N–C) groups is 1. The fourth-order valence-corrected chi connectivity index (χ4v) is 3.04. The molecule has 0 fully saturated rings. The van der Waals surface area contributed by atoms with E-state index in [1.165, 1.54) is 16.8 Å². The lowest BCUT2D eigenvalue weighted by molar-refractivity contribution is 0.208. The first-order valence-electron chi connectivity index (χ1n) is 6.75. The van der Waals surface area contributed by atoms with Crippen LogP contribution < -0.4 is 4.74 Å². The van der Waals surface area contributed by atoms with E-state index in [-0.39, 0.29) is 6.04 Å². The fraction of sp³-hybridized carbons (Fsp3) is 0.235. The molecule has 2 nitrogen and oxygen atoms in total. The molecule has 19 heavy (non-hydrogen) atoms. The number of para-hydroxylation sites is 1. The summed E-state index contributed by atoms with van der Waals surface area (Å²) in [6.45, 7) is 0.779. The minimum atomic E-state index is 0.278. The van der Waals surface area contributed by atoms with E-state index in [1.54, 1.807) is 0 Å². The van der Waals surface area contributed by atoms with Crippen LogP contribution in [0.3, 0.4) is 0 Å². The van der Waals surface area contributed by atoms with Gasteiger partial charge in [0.05, 0.1) is 12.6 Å². The Labute approximate surface area is 112 Å². The van der Waals surface area contributed by atoms with Crippen molar-refractivity contribution in [3.63, 3.8) is 0 Å². The second kappa shape index (κ2) is 4.23. The van der Waals surface area contributed by atoms with Gasteiger partial charge in [0, 0.05) is 17.2 Å². The molecule has 0 bridgehead atoms. The summed E-state index contributed by atoms with van der Waals surface area (Å²) in [7, 11) is 0. The molecule has 0 aliphatic carbocycles. The summed E-state index contributed by atoms with van der Waals surface area (Å²) in [5, 5.41) is 0. The minimum Gasteiger partial charge on any atom is -0.493 e. The first kappa shape index (κ1) is 10.8. The van der Waals surface area contributed by atoms with Crippen molar-refractivity contribution in [1.29, 1.82) is 0 Å². The summed E-state index contributed by atoms with van der Waals surface area (Å²) in [6.07, 6.45) is 1.02. The van der Waals surface area contributed by atoms with Crippen LogP contribution in [0, 0.1) is 5.92 Å². The third-order valence-electron chi connectivity index (χ3n) is 3.99. The Hall–Kier alpha value is -2.09. The van der Waals surface area contributed by atoms with Crippen LogP contribution in [-0.4, -0.2) is 12.3 Å². The van der Waals surface area contributed by atoms with Gasteiger partial charge in [0.2, 0.25) is 0 Å². The number of rotatable bonds is 1. The summed E-state index contributed by atoms with van der Waals surface area (Å²) in [5.41, 5.74) is 3.70. The molecular weight excluding hydrogens is 234 g/mol. The van der Waals surface area contributed by atoms with E-state index in [4.69, 9.17) is 9.73 Å². The Morgan fingerprint density at radius 1 is 0.947 bits per heavy atom. The van der Waals surface area contributed by atoms with Crippen LogP contribution in [-0.2, 0) is 0 Å². The maximum Gasteiger partial charge on any atom is 0.124 e. The standard InChI is InChI=1S/C17H15NO/c1-2-6-12(7-3-1)15-10-13-11-19-16-9-5-4-8-14(16)17(13)18-15/h1-9,13,17H,10-11H2/t13-,17-/m1/s1. The molecule has 94 valence electrons. The molecule has 2 aromatic carbocycles. The molecule has 0 saturated heterocycles. The largest absolute Gasteiger partial charge is 0.493 e. The predicted molar refractivity (Wildman–Crippen MR) is 75.8 cm³/mol. The minimum absolute atomic E-state index is 0.278. The maximum atomic E-state index is 5.85. The van der Waals surface area contributed by atoms with Gasteiger partial charge < -0.3 is 4.74 Å². The molecule has 2 aliphatic rings. The van der Waals surface area contributed by atoms with Gasteiger partial charge in [-0.2, -0.15) is 0 Å². The van der Waals surface area contributed by atoms with E-state index >= 15 is 0 Å². The number of benzene rings is 2. The molecule has 2 aromatic rings. The number of fused-ring (bicyclic) bond motifs is 3. The zero-order chi connectivity index (χ0) is 12.7. The monoisotopic (exact) mass is 249 g/mol. The molecule has 2 atom stereocenters. The van der Waals surface area contributed by atoms with E-state index in [0.29, 0.717) is 5.92 Å². The number of ether oxygens (including phenoxy) is 1. The van der Waals surface area contributed by atoms with Crippen molar-refractivity contribution >= 4 is 5.71 Å². The highest BCUT2D eigenvalue weighted by molar-refractivity contribution is 6.02. The zero-order valence-electron chi connectivity index (χ0n) is 10.6. The summed E-state index contributed by atoms with van der Waals surface area (Å²) < 4.78 is 5.85. The van der Waals surface area contributed by atoms with E-state index in [2.05, 4.69) is 36.4 Å². The smallest absolute Gasteiger partial charge is 0.124 e. The van der Waals surface area contributed by atoms with Gasteiger partial charge in [-0.05, 0) is 18.1 Å².